The molecule has 1 unspecified atom stereocenters. The van der Waals surface area contributed by atoms with E-state index in [4.69, 9.17) is 33.7 Å². The first-order valence-corrected chi connectivity index (χ1v) is 26.6. The van der Waals surface area contributed by atoms with E-state index >= 15 is 4.39 Å². The number of amides is 4. The first kappa shape index (κ1) is 48.6. The number of nitrogens with one attached hydrogen (secondary N) is 4. The molecule has 0 spiro atoms. The topological polar surface area (TPSA) is 207 Å². The Morgan fingerprint density at radius 1 is 0.733 bits per heavy atom. The lowest BCUT2D eigenvalue weighted by Gasteiger charge is -2.34. The second kappa shape index (κ2) is 20.4. The molecule has 20 heteroatoms. The summed E-state index contributed by atoms with van der Waals surface area (Å²) in [4.78, 5) is 74.4. The maximum absolute atomic E-state index is 15.3. The van der Waals surface area contributed by atoms with Gasteiger partial charge in [-0.3, -0.25) is 14.2 Å². The number of hydrogen-bond donors (Lipinski definition) is 4. The third-order valence-electron chi connectivity index (χ3n) is 15.7. The molecule has 4 saturated heterocycles. The number of likely N-dealkylation sites (tertiary alicyclic amines) is 2. The van der Waals surface area contributed by atoms with Crippen molar-refractivity contribution in [3.05, 3.63) is 102 Å². The number of hydrogen-bond acceptors (Lipinski definition) is 12. The summed E-state index contributed by atoms with van der Waals surface area (Å²) in [6.07, 6.45) is 4.48. The number of ether oxygens (including phenoxy) is 5. The average Bonchev–Trinajstić information content (AvgIpc) is 4.33. The first-order chi connectivity index (χ1) is 36.6. The number of benzene rings is 3. The highest BCUT2D eigenvalue weighted by atomic mass is 32.1. The van der Waals surface area contributed by atoms with Crippen molar-refractivity contribution in [1.82, 2.24) is 44.9 Å². The summed E-state index contributed by atoms with van der Waals surface area (Å²) in [6, 6.07) is 22.5. The molecule has 390 valence electrons. The van der Waals surface area contributed by atoms with Gasteiger partial charge < -0.3 is 54.1 Å². The maximum Gasteiger partial charge on any atom is 0.407 e. The van der Waals surface area contributed by atoms with Crippen LogP contribution in [-0.2, 0) is 28.5 Å². The van der Waals surface area contributed by atoms with E-state index in [0.717, 1.165) is 66.8 Å². The van der Waals surface area contributed by atoms with E-state index in [2.05, 4.69) is 67.6 Å². The number of nitrogens with zero attached hydrogens (tertiary/aromatic N) is 5. The molecule has 5 aliphatic heterocycles. The number of aromatic nitrogens is 5. The van der Waals surface area contributed by atoms with Crippen LogP contribution >= 0.6 is 11.3 Å². The highest BCUT2D eigenvalue weighted by Gasteiger charge is 2.44. The van der Waals surface area contributed by atoms with Gasteiger partial charge in [-0.25, -0.2) is 23.9 Å². The van der Waals surface area contributed by atoms with Gasteiger partial charge in [0.2, 0.25) is 18.0 Å². The molecule has 0 aliphatic carbocycles. The summed E-state index contributed by atoms with van der Waals surface area (Å²) in [5.41, 5.74) is 6.06. The molecule has 4 fully saturated rings. The molecule has 0 saturated carbocycles. The number of aromatic amines is 2. The van der Waals surface area contributed by atoms with E-state index in [1.807, 2.05) is 35.2 Å². The Morgan fingerprint density at radius 2 is 1.36 bits per heavy atom. The minimum atomic E-state index is -1.27. The number of fused-ring (bicyclic) bond motifs is 6. The molecule has 0 bridgehead atoms. The molecule has 4 aromatic heterocycles. The monoisotopic (exact) mass is 1040 g/mol. The number of alkyl carbamates (subject to hydrolysis) is 2. The lowest BCUT2D eigenvalue weighted by atomic mass is 9.90. The van der Waals surface area contributed by atoms with Gasteiger partial charge in [-0.2, -0.15) is 0 Å². The van der Waals surface area contributed by atoms with E-state index < -0.39 is 42.7 Å². The standard InChI is InChI=1S/C55H58FN9O9S/c1-70-54(68)61-47(30-13-18-72-19-14-30)51(66)63-17-5-7-41(63)49-57-28-39(59-49)33-9-11-37-42-23-35-22-32(10-12-40(35)65(42)53(74-44(37)24-33)46-25-34-6-3-4-8-45(34)75-46)38-27-58-50(60-38)43-26-36(56)29-64(43)52(67)48(62-55(69)71-2)31-15-20-73-21-16-31/h3-4,6,8-12,22-25,27-28,30-31,36,41,43,47-48,53H,5,7,13-21,26,29H2,1-2H3,(H,57,59)(H,58,60)(H,61,68)(H,62,69)/t36-,41-,43+,47-,48-,53?/m0/s1. The van der Waals surface area contributed by atoms with Gasteiger partial charge in [0.05, 0.1) is 72.7 Å². The molecule has 7 aromatic rings. The Labute approximate surface area is 435 Å². The van der Waals surface area contributed by atoms with Crippen LogP contribution in [0.1, 0.15) is 79.8 Å². The van der Waals surface area contributed by atoms with Crippen molar-refractivity contribution >= 4 is 56.3 Å². The summed E-state index contributed by atoms with van der Waals surface area (Å²) in [6.45, 7) is 2.43. The zero-order valence-corrected chi connectivity index (χ0v) is 42.4. The van der Waals surface area contributed by atoms with Crippen LogP contribution in [-0.4, -0.2) is 130 Å². The van der Waals surface area contributed by atoms with Crippen molar-refractivity contribution in [2.24, 2.45) is 11.8 Å². The lowest BCUT2D eigenvalue weighted by Crippen LogP contribution is -2.53. The number of imidazole rings is 2. The summed E-state index contributed by atoms with van der Waals surface area (Å²) >= 11 is 1.69. The van der Waals surface area contributed by atoms with E-state index in [1.54, 1.807) is 23.7 Å². The van der Waals surface area contributed by atoms with Crippen molar-refractivity contribution in [2.75, 3.05) is 53.7 Å². The molecule has 3 aromatic carbocycles. The molecule has 18 nitrogen and oxygen atoms in total. The number of H-pyrrole nitrogens is 2. The molecule has 4 amide bonds. The van der Waals surface area contributed by atoms with E-state index in [0.29, 0.717) is 81.7 Å². The van der Waals surface area contributed by atoms with Gasteiger partial charge in [-0.1, -0.05) is 30.3 Å². The van der Waals surface area contributed by atoms with Crippen molar-refractivity contribution in [3.8, 4) is 39.5 Å². The van der Waals surface area contributed by atoms with Crippen LogP contribution in [0.3, 0.4) is 0 Å². The van der Waals surface area contributed by atoms with Crippen LogP contribution < -0.4 is 15.4 Å². The van der Waals surface area contributed by atoms with Gasteiger partial charge >= 0.3 is 12.2 Å². The number of alkyl halides is 1. The highest BCUT2D eigenvalue weighted by molar-refractivity contribution is 7.19. The second-order valence-electron chi connectivity index (χ2n) is 20.1. The smallest absolute Gasteiger partial charge is 0.407 e. The van der Waals surface area contributed by atoms with Gasteiger partial charge in [0.1, 0.15) is 35.7 Å². The number of thiophene rings is 1. The summed E-state index contributed by atoms with van der Waals surface area (Å²) < 4.78 is 46.7. The maximum atomic E-state index is 15.3. The van der Waals surface area contributed by atoms with Gasteiger partial charge in [-0.05, 0) is 98.2 Å². The number of methoxy groups -OCH3 is 2. The zero-order valence-electron chi connectivity index (χ0n) is 41.6. The normalized spacial score (nSPS) is 21.9. The van der Waals surface area contributed by atoms with Crippen molar-refractivity contribution in [3.63, 3.8) is 0 Å². The molecular weight excluding hydrogens is 982 g/mol. The fraction of sp³-hybridized carbons (Fsp3) is 0.418. The Kier molecular flexibility index (Phi) is 13.3. The van der Waals surface area contributed by atoms with E-state index in [-0.39, 0.29) is 42.7 Å². The highest BCUT2D eigenvalue weighted by Crippen LogP contribution is 2.48. The van der Waals surface area contributed by atoms with Crippen molar-refractivity contribution in [1.29, 1.82) is 0 Å². The van der Waals surface area contributed by atoms with Crippen LogP contribution in [0.2, 0.25) is 0 Å². The molecule has 4 N–H and O–H groups in total. The zero-order chi connectivity index (χ0) is 51.3. The minimum absolute atomic E-state index is 0.0692. The molecule has 75 heavy (non-hydrogen) atoms. The summed E-state index contributed by atoms with van der Waals surface area (Å²) in [5.74, 6) is 1.07. The number of halogens is 1. The van der Waals surface area contributed by atoms with Crippen molar-refractivity contribution in [2.45, 2.75) is 81.5 Å². The Morgan fingerprint density at radius 3 is 2.03 bits per heavy atom. The second-order valence-corrected chi connectivity index (χ2v) is 21.2. The fourth-order valence-corrected chi connectivity index (χ4v) is 12.9. The molecule has 12 rings (SSSR count). The predicted octanol–water partition coefficient (Wildman–Crippen LogP) is 8.82. The van der Waals surface area contributed by atoms with Crippen molar-refractivity contribution < 1.29 is 47.3 Å². The van der Waals surface area contributed by atoms with Crippen LogP contribution in [0.5, 0.6) is 5.75 Å². The van der Waals surface area contributed by atoms with Gasteiger partial charge in [0.15, 0.2) is 0 Å². The molecule has 6 atom stereocenters. The SMILES string of the molecule is COC(=O)N[C@H](C(=O)N1C[C@@H](F)C[C@@H]1c1ncc(-c2ccc3c(c2)cc2n3C(c3cc4ccccc4s3)Oc3cc(-c4cnc([C@@H]5CCCN5C(=O)[C@@H](NC(=O)OC)C5CCOCC5)[nH]4)ccc3-2)[nH]1)C1CCOCC1. The number of carbonyl (C=O) groups excluding carboxylic acids is 4. The van der Waals surface area contributed by atoms with Crippen LogP contribution in [0.15, 0.2) is 85.2 Å². The van der Waals surface area contributed by atoms with Gasteiger partial charge in [0, 0.05) is 66.2 Å². The lowest BCUT2D eigenvalue weighted by molar-refractivity contribution is -0.137. The Balaban J connectivity index is 0.843. The van der Waals surface area contributed by atoms with Gasteiger partial charge in [-0.15, -0.1) is 11.3 Å². The van der Waals surface area contributed by atoms with Crippen LogP contribution in [0.4, 0.5) is 14.0 Å². The fourth-order valence-electron chi connectivity index (χ4n) is 11.8. The number of carbonyl (C=O) groups is 4. The largest absolute Gasteiger partial charge is 0.464 e. The third-order valence-corrected chi connectivity index (χ3v) is 16.8. The molecular formula is C55H58FN9O9S. The molecule has 9 heterocycles. The summed E-state index contributed by atoms with van der Waals surface area (Å²) in [7, 11) is 2.56. The average molecular weight is 1040 g/mol. The Bertz CT molecular complexity index is 3250. The Hall–Kier alpha value is -7.29. The predicted molar refractivity (Wildman–Crippen MR) is 277 cm³/mol. The third kappa shape index (κ3) is 9.26. The first-order valence-electron chi connectivity index (χ1n) is 25.8. The van der Waals surface area contributed by atoms with E-state index in [9.17, 15) is 19.2 Å². The van der Waals surface area contributed by atoms with Crippen LogP contribution in [0.25, 0.3) is 54.8 Å². The van der Waals surface area contributed by atoms with Gasteiger partial charge in [0.25, 0.3) is 0 Å². The quantitative estimate of drug-likeness (QED) is 0.0963. The number of rotatable bonds is 11. The minimum Gasteiger partial charge on any atom is -0.464 e. The van der Waals surface area contributed by atoms with E-state index in [1.165, 1.54) is 19.1 Å². The molecule has 0 radical (unpaired) electrons. The molecule has 5 aliphatic rings. The summed E-state index contributed by atoms with van der Waals surface area (Å²) in [5, 5.41) is 7.66. The van der Waals surface area contributed by atoms with Crippen LogP contribution in [0, 0.1) is 11.8 Å².